The van der Waals surface area contributed by atoms with Crippen LogP contribution in [0.25, 0.3) is 0 Å². The second-order valence-corrected chi connectivity index (χ2v) is 4.80. The zero-order valence-electron chi connectivity index (χ0n) is 10.3. The number of carboxylic acid groups (broad SMARTS) is 1. The van der Waals surface area contributed by atoms with Gasteiger partial charge in [0.05, 0.1) is 18.3 Å². The first-order chi connectivity index (χ1) is 8.66. The Balaban J connectivity index is 1.87. The normalized spacial score (nSPS) is 23.8. The van der Waals surface area contributed by atoms with Gasteiger partial charge >= 0.3 is 5.97 Å². The first-order valence-electron chi connectivity index (χ1n) is 6.36. The molecule has 18 heavy (non-hydrogen) atoms. The van der Waals surface area contributed by atoms with Crippen molar-refractivity contribution in [3.8, 4) is 0 Å². The molecule has 0 aromatic heterocycles. The van der Waals surface area contributed by atoms with Crippen LogP contribution in [0.2, 0.25) is 0 Å². The van der Waals surface area contributed by atoms with Crippen molar-refractivity contribution in [2.75, 3.05) is 0 Å². The predicted octanol–water partition coefficient (Wildman–Crippen LogP) is 2.17. The van der Waals surface area contributed by atoms with Crippen molar-refractivity contribution < 1.29 is 14.6 Å². The Morgan fingerprint density at radius 2 is 1.94 bits per heavy atom. The van der Waals surface area contributed by atoms with Crippen LogP contribution in [0.15, 0.2) is 24.3 Å². The molecule has 0 aliphatic heterocycles. The maximum Gasteiger partial charge on any atom is 0.335 e. The minimum Gasteiger partial charge on any atom is -0.478 e. The molecule has 1 aromatic carbocycles. The SMILES string of the molecule is NC1CCCCC1OCc1ccc(C(=O)O)cc1. The number of nitrogens with two attached hydrogens (primary N) is 1. The van der Waals surface area contributed by atoms with E-state index in [0.29, 0.717) is 12.2 Å². The molecular weight excluding hydrogens is 230 g/mol. The summed E-state index contributed by atoms with van der Waals surface area (Å²) in [5.74, 6) is -0.906. The molecule has 1 aliphatic rings. The lowest BCUT2D eigenvalue weighted by molar-refractivity contribution is 0.00403. The molecule has 4 heteroatoms. The highest BCUT2D eigenvalue weighted by atomic mass is 16.5. The average Bonchev–Trinajstić information content (AvgIpc) is 2.38. The summed E-state index contributed by atoms with van der Waals surface area (Å²) in [7, 11) is 0. The number of benzene rings is 1. The lowest BCUT2D eigenvalue weighted by atomic mass is 9.93. The number of carbonyl (C=O) groups is 1. The van der Waals surface area contributed by atoms with E-state index in [9.17, 15) is 4.79 Å². The van der Waals surface area contributed by atoms with Crippen molar-refractivity contribution in [2.24, 2.45) is 5.73 Å². The van der Waals surface area contributed by atoms with Gasteiger partial charge in [-0.2, -0.15) is 0 Å². The second kappa shape index (κ2) is 5.98. The Hall–Kier alpha value is -1.39. The van der Waals surface area contributed by atoms with E-state index < -0.39 is 5.97 Å². The summed E-state index contributed by atoms with van der Waals surface area (Å²) in [6.45, 7) is 0.498. The summed E-state index contributed by atoms with van der Waals surface area (Å²) in [6.07, 6.45) is 4.56. The highest BCUT2D eigenvalue weighted by molar-refractivity contribution is 5.87. The van der Waals surface area contributed by atoms with E-state index >= 15 is 0 Å². The molecule has 0 amide bonds. The lowest BCUT2D eigenvalue weighted by Crippen LogP contribution is -2.39. The third-order valence-corrected chi connectivity index (χ3v) is 3.42. The molecule has 2 rings (SSSR count). The van der Waals surface area contributed by atoms with E-state index in [1.165, 1.54) is 12.8 Å². The van der Waals surface area contributed by atoms with Crippen LogP contribution >= 0.6 is 0 Å². The van der Waals surface area contributed by atoms with E-state index in [-0.39, 0.29) is 12.1 Å². The summed E-state index contributed by atoms with van der Waals surface area (Å²) >= 11 is 0. The van der Waals surface area contributed by atoms with Crippen LogP contribution in [0.1, 0.15) is 41.6 Å². The summed E-state index contributed by atoms with van der Waals surface area (Å²) in [6, 6.07) is 6.91. The molecule has 1 fully saturated rings. The maximum atomic E-state index is 10.7. The highest BCUT2D eigenvalue weighted by Crippen LogP contribution is 2.20. The Kier molecular flexibility index (Phi) is 4.33. The van der Waals surface area contributed by atoms with E-state index in [0.717, 1.165) is 18.4 Å². The van der Waals surface area contributed by atoms with Crippen LogP contribution < -0.4 is 5.73 Å². The van der Waals surface area contributed by atoms with Crippen molar-refractivity contribution in [2.45, 2.75) is 44.4 Å². The van der Waals surface area contributed by atoms with Crippen LogP contribution in [0.4, 0.5) is 0 Å². The Morgan fingerprint density at radius 1 is 1.28 bits per heavy atom. The standard InChI is InChI=1S/C14H19NO3/c15-12-3-1-2-4-13(12)18-9-10-5-7-11(8-6-10)14(16)17/h5-8,12-13H,1-4,9,15H2,(H,16,17). The maximum absolute atomic E-state index is 10.7. The van der Waals surface area contributed by atoms with E-state index in [1.54, 1.807) is 24.3 Å². The van der Waals surface area contributed by atoms with Crippen molar-refractivity contribution in [1.29, 1.82) is 0 Å². The van der Waals surface area contributed by atoms with Crippen molar-refractivity contribution in [3.63, 3.8) is 0 Å². The molecule has 4 nitrogen and oxygen atoms in total. The minimum atomic E-state index is -0.906. The fourth-order valence-corrected chi connectivity index (χ4v) is 2.28. The molecule has 0 heterocycles. The average molecular weight is 249 g/mol. The fourth-order valence-electron chi connectivity index (χ4n) is 2.28. The molecule has 3 N–H and O–H groups in total. The van der Waals surface area contributed by atoms with Gasteiger partial charge < -0.3 is 15.6 Å². The van der Waals surface area contributed by atoms with Crippen LogP contribution in [-0.4, -0.2) is 23.2 Å². The first kappa shape index (κ1) is 13.1. The Labute approximate surface area is 107 Å². The van der Waals surface area contributed by atoms with Gasteiger partial charge in [-0.25, -0.2) is 4.79 Å². The van der Waals surface area contributed by atoms with Crippen LogP contribution in [0, 0.1) is 0 Å². The third kappa shape index (κ3) is 3.31. The third-order valence-electron chi connectivity index (χ3n) is 3.42. The topological polar surface area (TPSA) is 72.5 Å². The van der Waals surface area contributed by atoms with Gasteiger partial charge in [0.2, 0.25) is 0 Å². The van der Waals surface area contributed by atoms with Crippen molar-refractivity contribution in [3.05, 3.63) is 35.4 Å². The fraction of sp³-hybridized carbons (Fsp3) is 0.500. The molecule has 2 unspecified atom stereocenters. The molecule has 0 saturated heterocycles. The van der Waals surface area contributed by atoms with Gasteiger partial charge in [0.25, 0.3) is 0 Å². The Morgan fingerprint density at radius 3 is 2.56 bits per heavy atom. The smallest absolute Gasteiger partial charge is 0.335 e. The number of hydrogen-bond donors (Lipinski definition) is 2. The lowest BCUT2D eigenvalue weighted by Gasteiger charge is -2.28. The van der Waals surface area contributed by atoms with E-state index in [4.69, 9.17) is 15.6 Å². The monoisotopic (exact) mass is 249 g/mol. The number of carboxylic acids is 1. The van der Waals surface area contributed by atoms with E-state index in [1.807, 2.05) is 0 Å². The highest BCUT2D eigenvalue weighted by Gasteiger charge is 2.22. The number of rotatable bonds is 4. The van der Waals surface area contributed by atoms with Crippen LogP contribution in [0.5, 0.6) is 0 Å². The zero-order valence-corrected chi connectivity index (χ0v) is 10.3. The molecule has 1 aromatic rings. The Bertz CT molecular complexity index is 402. The molecule has 0 spiro atoms. The quantitative estimate of drug-likeness (QED) is 0.857. The zero-order chi connectivity index (χ0) is 13.0. The first-order valence-corrected chi connectivity index (χ1v) is 6.36. The van der Waals surface area contributed by atoms with Gasteiger partial charge in [0.15, 0.2) is 0 Å². The van der Waals surface area contributed by atoms with Crippen LogP contribution in [-0.2, 0) is 11.3 Å². The summed E-state index contributed by atoms with van der Waals surface area (Å²) < 4.78 is 5.81. The molecule has 2 atom stereocenters. The summed E-state index contributed by atoms with van der Waals surface area (Å²) in [5, 5.41) is 8.80. The van der Waals surface area contributed by atoms with E-state index in [2.05, 4.69) is 0 Å². The number of ether oxygens (including phenoxy) is 1. The molecule has 98 valence electrons. The largest absolute Gasteiger partial charge is 0.478 e. The molecule has 0 radical (unpaired) electrons. The minimum absolute atomic E-state index is 0.136. The molecule has 1 saturated carbocycles. The molecule has 1 aliphatic carbocycles. The van der Waals surface area contributed by atoms with Crippen molar-refractivity contribution in [1.82, 2.24) is 0 Å². The molecule has 0 bridgehead atoms. The predicted molar refractivity (Wildman–Crippen MR) is 68.4 cm³/mol. The summed E-state index contributed by atoms with van der Waals surface area (Å²) in [4.78, 5) is 10.7. The van der Waals surface area contributed by atoms with Crippen LogP contribution in [0.3, 0.4) is 0 Å². The summed E-state index contributed by atoms with van der Waals surface area (Å²) in [5.41, 5.74) is 7.29. The van der Waals surface area contributed by atoms with Gasteiger partial charge in [-0.1, -0.05) is 25.0 Å². The number of hydrogen-bond acceptors (Lipinski definition) is 3. The van der Waals surface area contributed by atoms with Gasteiger partial charge in [-0.3, -0.25) is 0 Å². The van der Waals surface area contributed by atoms with Gasteiger partial charge in [-0.15, -0.1) is 0 Å². The second-order valence-electron chi connectivity index (χ2n) is 4.80. The van der Waals surface area contributed by atoms with Gasteiger partial charge in [0.1, 0.15) is 0 Å². The van der Waals surface area contributed by atoms with Crippen molar-refractivity contribution >= 4 is 5.97 Å². The molecular formula is C14H19NO3. The van der Waals surface area contributed by atoms with Gasteiger partial charge in [0, 0.05) is 6.04 Å². The van der Waals surface area contributed by atoms with Gasteiger partial charge in [-0.05, 0) is 30.5 Å². The number of aromatic carboxylic acids is 1.